The van der Waals surface area contributed by atoms with Gasteiger partial charge in [0, 0.05) is 23.4 Å². The van der Waals surface area contributed by atoms with Gasteiger partial charge in [0.2, 0.25) is 0 Å². The van der Waals surface area contributed by atoms with Crippen molar-refractivity contribution >= 4 is 17.4 Å². The van der Waals surface area contributed by atoms with Crippen LogP contribution in [0.4, 0.5) is 4.39 Å². The average molecular weight is 243 g/mol. The average Bonchev–Trinajstić information content (AvgIpc) is 2.21. The summed E-state index contributed by atoms with van der Waals surface area (Å²) in [6.45, 7) is 4.12. The van der Waals surface area contributed by atoms with Gasteiger partial charge < -0.3 is 0 Å². The molecule has 0 unspecified atom stereocenters. The van der Waals surface area contributed by atoms with Gasteiger partial charge in [-0.3, -0.25) is 4.79 Å². The molecule has 3 heteroatoms. The number of rotatable bonds is 5. The van der Waals surface area contributed by atoms with E-state index in [1.165, 1.54) is 6.07 Å². The summed E-state index contributed by atoms with van der Waals surface area (Å²) in [6, 6.07) is 4.48. The molecule has 0 aliphatic carbocycles. The van der Waals surface area contributed by atoms with Crippen molar-refractivity contribution in [1.29, 1.82) is 0 Å². The van der Waals surface area contributed by atoms with Crippen LogP contribution in [0.25, 0.3) is 0 Å². The molecule has 0 aliphatic heterocycles. The lowest BCUT2D eigenvalue weighted by Gasteiger charge is -2.06. The summed E-state index contributed by atoms with van der Waals surface area (Å²) >= 11 is 5.84. The van der Waals surface area contributed by atoms with Crippen LogP contribution in [0.15, 0.2) is 18.2 Å². The normalized spacial score (nSPS) is 10.8. The molecule has 0 saturated heterocycles. The predicted molar refractivity (Wildman–Crippen MR) is 64.2 cm³/mol. The van der Waals surface area contributed by atoms with Crippen LogP contribution in [0, 0.1) is 11.7 Å². The third-order valence-electron chi connectivity index (χ3n) is 2.44. The fraction of sp³-hybridized carbons (Fsp3) is 0.462. The summed E-state index contributed by atoms with van der Waals surface area (Å²) in [4.78, 5) is 11.6. The highest BCUT2D eigenvalue weighted by Gasteiger charge is 2.12. The largest absolute Gasteiger partial charge is 0.299 e. The number of Topliss-reactive ketones (excluding diaryl/α,β-unsaturated/α-hetero) is 1. The van der Waals surface area contributed by atoms with Crippen molar-refractivity contribution in [3.8, 4) is 0 Å². The molecular formula is C13H16ClFO. The molecule has 0 fully saturated rings. The Kier molecular flexibility index (Phi) is 4.94. The lowest BCUT2D eigenvalue weighted by Crippen LogP contribution is -2.06. The van der Waals surface area contributed by atoms with Crippen LogP contribution in [-0.4, -0.2) is 5.78 Å². The third-order valence-corrected chi connectivity index (χ3v) is 2.79. The zero-order chi connectivity index (χ0) is 12.1. The zero-order valence-electron chi connectivity index (χ0n) is 9.59. The van der Waals surface area contributed by atoms with Gasteiger partial charge in [-0.1, -0.05) is 31.5 Å². The smallest absolute Gasteiger partial charge is 0.137 e. The van der Waals surface area contributed by atoms with Gasteiger partial charge in [-0.2, -0.15) is 0 Å². The van der Waals surface area contributed by atoms with Gasteiger partial charge in [-0.25, -0.2) is 4.39 Å². The van der Waals surface area contributed by atoms with Gasteiger partial charge in [0.05, 0.1) is 0 Å². The van der Waals surface area contributed by atoms with E-state index in [-0.39, 0.29) is 12.2 Å². The van der Waals surface area contributed by atoms with E-state index >= 15 is 0 Å². The molecule has 0 aromatic heterocycles. The van der Waals surface area contributed by atoms with E-state index in [0.29, 0.717) is 22.9 Å². The summed E-state index contributed by atoms with van der Waals surface area (Å²) in [5.41, 5.74) is 0.318. The summed E-state index contributed by atoms with van der Waals surface area (Å²) in [5.74, 6) is 0.131. The van der Waals surface area contributed by atoms with E-state index in [0.717, 1.165) is 6.42 Å². The molecule has 0 spiro atoms. The second kappa shape index (κ2) is 6.00. The van der Waals surface area contributed by atoms with Gasteiger partial charge in [-0.05, 0) is 24.5 Å². The SMILES string of the molecule is CC(C)CCC(=O)Cc1c(F)cccc1Cl. The molecule has 1 aromatic rings. The Labute approximate surface area is 101 Å². The Morgan fingerprint density at radius 2 is 2.12 bits per heavy atom. The number of hydrogen-bond acceptors (Lipinski definition) is 1. The minimum Gasteiger partial charge on any atom is -0.299 e. The Hall–Kier alpha value is -0.890. The third kappa shape index (κ3) is 3.93. The molecule has 0 atom stereocenters. The number of hydrogen-bond donors (Lipinski definition) is 0. The molecule has 88 valence electrons. The number of carbonyl (C=O) groups excluding carboxylic acids is 1. The number of halogens is 2. The van der Waals surface area contributed by atoms with E-state index in [4.69, 9.17) is 11.6 Å². The van der Waals surface area contributed by atoms with E-state index in [2.05, 4.69) is 13.8 Å². The van der Waals surface area contributed by atoms with Crippen molar-refractivity contribution in [3.05, 3.63) is 34.6 Å². The number of ketones is 1. The van der Waals surface area contributed by atoms with Crippen molar-refractivity contribution in [1.82, 2.24) is 0 Å². The number of carbonyl (C=O) groups is 1. The lowest BCUT2D eigenvalue weighted by atomic mass is 10.0. The summed E-state index contributed by atoms with van der Waals surface area (Å²) in [5, 5.41) is 0.331. The maximum absolute atomic E-state index is 13.4. The molecule has 0 aliphatic rings. The Bertz CT molecular complexity index is 354. The first kappa shape index (κ1) is 13.2. The van der Waals surface area contributed by atoms with E-state index < -0.39 is 5.82 Å². The topological polar surface area (TPSA) is 17.1 Å². The maximum Gasteiger partial charge on any atom is 0.137 e. The highest BCUT2D eigenvalue weighted by molar-refractivity contribution is 6.31. The van der Waals surface area contributed by atoms with Crippen LogP contribution in [0.5, 0.6) is 0 Å². The summed E-state index contributed by atoms with van der Waals surface area (Å²) < 4.78 is 13.4. The van der Waals surface area contributed by atoms with Gasteiger partial charge in [0.15, 0.2) is 0 Å². The zero-order valence-corrected chi connectivity index (χ0v) is 10.4. The molecule has 16 heavy (non-hydrogen) atoms. The van der Waals surface area contributed by atoms with Crippen LogP contribution >= 0.6 is 11.6 Å². The summed E-state index contributed by atoms with van der Waals surface area (Å²) in [7, 11) is 0. The maximum atomic E-state index is 13.4. The van der Waals surface area contributed by atoms with Crippen molar-refractivity contribution in [2.75, 3.05) is 0 Å². The fourth-order valence-corrected chi connectivity index (χ4v) is 1.67. The quantitative estimate of drug-likeness (QED) is 0.762. The molecule has 1 nitrogen and oxygen atoms in total. The molecule has 0 N–H and O–H groups in total. The first-order valence-electron chi connectivity index (χ1n) is 5.45. The minimum absolute atomic E-state index is 0.0423. The lowest BCUT2D eigenvalue weighted by molar-refractivity contribution is -0.118. The van der Waals surface area contributed by atoms with E-state index in [1.807, 2.05) is 0 Å². The Morgan fingerprint density at radius 3 is 2.69 bits per heavy atom. The van der Waals surface area contributed by atoms with Gasteiger partial charge in [0.1, 0.15) is 11.6 Å². The molecule has 0 bridgehead atoms. The first-order chi connectivity index (χ1) is 7.50. The fourth-order valence-electron chi connectivity index (χ4n) is 1.44. The second-order valence-electron chi connectivity index (χ2n) is 4.35. The molecule has 0 amide bonds. The monoisotopic (exact) mass is 242 g/mol. The highest BCUT2D eigenvalue weighted by Crippen LogP contribution is 2.20. The number of benzene rings is 1. The van der Waals surface area contributed by atoms with Crippen molar-refractivity contribution in [2.24, 2.45) is 5.92 Å². The standard InChI is InChI=1S/C13H16ClFO/c1-9(2)6-7-10(16)8-11-12(14)4-3-5-13(11)15/h3-5,9H,6-8H2,1-2H3. The minimum atomic E-state index is -0.398. The Morgan fingerprint density at radius 1 is 1.44 bits per heavy atom. The van der Waals surface area contributed by atoms with Gasteiger partial charge >= 0.3 is 0 Å². The summed E-state index contributed by atoms with van der Waals surface area (Å²) in [6.07, 6.45) is 1.42. The molecular weight excluding hydrogens is 227 g/mol. The van der Waals surface area contributed by atoms with Crippen molar-refractivity contribution in [2.45, 2.75) is 33.1 Å². The van der Waals surface area contributed by atoms with Crippen LogP contribution in [0.3, 0.4) is 0 Å². The van der Waals surface area contributed by atoms with Crippen LogP contribution < -0.4 is 0 Å². The van der Waals surface area contributed by atoms with Gasteiger partial charge in [0.25, 0.3) is 0 Å². The molecule has 1 aromatic carbocycles. The molecule has 0 heterocycles. The van der Waals surface area contributed by atoms with Crippen molar-refractivity contribution < 1.29 is 9.18 Å². The van der Waals surface area contributed by atoms with Crippen LogP contribution in [0.1, 0.15) is 32.3 Å². The second-order valence-corrected chi connectivity index (χ2v) is 4.76. The first-order valence-corrected chi connectivity index (χ1v) is 5.83. The van der Waals surface area contributed by atoms with Crippen LogP contribution in [0.2, 0.25) is 5.02 Å². The molecule has 0 radical (unpaired) electrons. The van der Waals surface area contributed by atoms with Gasteiger partial charge in [-0.15, -0.1) is 0 Å². The molecule has 1 rings (SSSR count). The Balaban J connectivity index is 2.63. The highest BCUT2D eigenvalue weighted by atomic mass is 35.5. The van der Waals surface area contributed by atoms with Crippen LogP contribution in [-0.2, 0) is 11.2 Å². The van der Waals surface area contributed by atoms with E-state index in [1.54, 1.807) is 12.1 Å². The van der Waals surface area contributed by atoms with Crippen molar-refractivity contribution in [3.63, 3.8) is 0 Å². The van der Waals surface area contributed by atoms with E-state index in [9.17, 15) is 9.18 Å². The predicted octanol–water partition coefficient (Wildman–Crippen LogP) is 4.03. The molecule has 0 saturated carbocycles.